The second-order valence-electron chi connectivity index (χ2n) is 8.34. The molecule has 2 fully saturated rings. The lowest BCUT2D eigenvalue weighted by molar-refractivity contribution is -0.133. The van der Waals surface area contributed by atoms with Crippen LogP contribution >= 0.6 is 11.6 Å². The first-order chi connectivity index (χ1) is 17.1. The Bertz CT molecular complexity index is 1370. The van der Waals surface area contributed by atoms with Crippen LogP contribution in [0.5, 0.6) is 0 Å². The van der Waals surface area contributed by atoms with Gasteiger partial charge in [-0.25, -0.2) is 13.2 Å². The van der Waals surface area contributed by atoms with Gasteiger partial charge >= 0.3 is 6.03 Å². The van der Waals surface area contributed by atoms with Crippen molar-refractivity contribution in [1.29, 1.82) is 5.26 Å². The molecule has 0 aliphatic carbocycles. The van der Waals surface area contributed by atoms with E-state index in [-0.39, 0.29) is 41.9 Å². The summed E-state index contributed by atoms with van der Waals surface area (Å²) in [5, 5.41) is 14.1. The lowest BCUT2D eigenvalue weighted by atomic mass is 9.91. The molecule has 0 unspecified atom stereocenters. The SMILES string of the molecule is C[C@]1(c2ccc(C#N)cc2)NC(=O)N(CC(=O)Nc2cc(S(=O)(=O)N3CCOCC3)ccc2Cl)C1=O. The van der Waals surface area contributed by atoms with Crippen molar-refractivity contribution in [3.63, 3.8) is 0 Å². The van der Waals surface area contributed by atoms with Crippen LogP contribution in [0.1, 0.15) is 18.1 Å². The number of hydrogen-bond acceptors (Lipinski definition) is 7. The molecule has 4 amide bonds. The van der Waals surface area contributed by atoms with E-state index in [1.807, 2.05) is 6.07 Å². The Hall–Kier alpha value is -3.50. The van der Waals surface area contributed by atoms with E-state index in [9.17, 15) is 22.8 Å². The van der Waals surface area contributed by atoms with Gasteiger partial charge in [0.25, 0.3) is 5.91 Å². The molecule has 0 spiro atoms. The number of halogens is 1. The van der Waals surface area contributed by atoms with Crippen molar-refractivity contribution in [1.82, 2.24) is 14.5 Å². The number of nitrogens with zero attached hydrogens (tertiary/aromatic N) is 3. The fourth-order valence-electron chi connectivity index (χ4n) is 3.94. The minimum atomic E-state index is -3.83. The minimum absolute atomic E-state index is 0.0258. The molecular weight excluding hydrogens is 510 g/mol. The van der Waals surface area contributed by atoms with Crippen molar-refractivity contribution in [2.75, 3.05) is 38.2 Å². The van der Waals surface area contributed by atoms with Gasteiger partial charge in [-0.3, -0.25) is 14.5 Å². The maximum Gasteiger partial charge on any atom is 0.325 e. The molecule has 11 nitrogen and oxygen atoms in total. The number of imide groups is 1. The van der Waals surface area contributed by atoms with Gasteiger partial charge in [-0.1, -0.05) is 23.7 Å². The molecule has 1 atom stereocenters. The highest BCUT2D eigenvalue weighted by molar-refractivity contribution is 7.89. The molecule has 4 rings (SSSR count). The Labute approximate surface area is 212 Å². The predicted molar refractivity (Wildman–Crippen MR) is 128 cm³/mol. The van der Waals surface area contributed by atoms with Crippen molar-refractivity contribution in [3.05, 3.63) is 58.6 Å². The normalized spacial score (nSPS) is 20.6. The summed E-state index contributed by atoms with van der Waals surface area (Å²) < 4.78 is 32.4. The largest absolute Gasteiger partial charge is 0.379 e. The summed E-state index contributed by atoms with van der Waals surface area (Å²) in [4.78, 5) is 39.1. The highest BCUT2D eigenvalue weighted by atomic mass is 35.5. The third-order valence-electron chi connectivity index (χ3n) is 5.99. The Morgan fingerprint density at radius 3 is 2.50 bits per heavy atom. The standard InChI is InChI=1S/C23H22ClN5O6S/c1-23(16-4-2-15(13-25)3-5-16)21(31)29(22(32)27-23)14-20(30)26-19-12-17(6-7-18(19)24)36(33,34)28-8-10-35-11-9-28/h2-7,12H,8-11,14H2,1H3,(H,26,30)(H,27,32)/t23-/m1/s1. The predicted octanol–water partition coefficient (Wildman–Crippen LogP) is 1.64. The van der Waals surface area contributed by atoms with Crippen LogP contribution in [0.2, 0.25) is 5.02 Å². The van der Waals surface area contributed by atoms with Gasteiger partial charge in [-0.15, -0.1) is 0 Å². The summed E-state index contributed by atoms with van der Waals surface area (Å²) in [6.07, 6.45) is 0. The van der Waals surface area contributed by atoms with E-state index in [4.69, 9.17) is 21.6 Å². The van der Waals surface area contributed by atoms with Gasteiger partial charge in [-0.2, -0.15) is 9.57 Å². The molecule has 2 heterocycles. The first kappa shape index (κ1) is 25.6. The lowest BCUT2D eigenvalue weighted by Crippen LogP contribution is -2.42. The average Bonchev–Trinajstić information content (AvgIpc) is 3.09. The van der Waals surface area contributed by atoms with Crippen molar-refractivity contribution in [2.24, 2.45) is 0 Å². The van der Waals surface area contributed by atoms with E-state index in [1.54, 1.807) is 12.1 Å². The molecule has 36 heavy (non-hydrogen) atoms. The minimum Gasteiger partial charge on any atom is -0.379 e. The van der Waals surface area contributed by atoms with E-state index in [0.717, 1.165) is 4.90 Å². The van der Waals surface area contributed by atoms with Gasteiger partial charge in [-0.05, 0) is 42.8 Å². The number of urea groups is 1. The lowest BCUT2D eigenvalue weighted by Gasteiger charge is -2.26. The van der Waals surface area contributed by atoms with Crippen LogP contribution < -0.4 is 10.6 Å². The Balaban J connectivity index is 1.49. The van der Waals surface area contributed by atoms with E-state index in [0.29, 0.717) is 11.1 Å². The third-order valence-corrected chi connectivity index (χ3v) is 8.21. The number of rotatable bonds is 6. The number of carbonyl (C=O) groups excluding carboxylic acids is 3. The average molecular weight is 532 g/mol. The van der Waals surface area contributed by atoms with Gasteiger partial charge in [0.05, 0.1) is 40.5 Å². The number of benzene rings is 2. The topological polar surface area (TPSA) is 149 Å². The number of anilines is 1. The molecule has 2 saturated heterocycles. The maximum absolute atomic E-state index is 13.1. The molecule has 0 aromatic heterocycles. The smallest absolute Gasteiger partial charge is 0.325 e. The van der Waals surface area contributed by atoms with Crippen LogP contribution in [-0.4, -0.2) is 68.3 Å². The van der Waals surface area contributed by atoms with Crippen molar-refractivity contribution >= 4 is 45.2 Å². The molecule has 0 saturated carbocycles. The highest BCUT2D eigenvalue weighted by Gasteiger charge is 2.49. The molecule has 2 aliphatic heterocycles. The van der Waals surface area contributed by atoms with E-state index in [1.165, 1.54) is 41.6 Å². The van der Waals surface area contributed by atoms with Crippen LogP contribution in [0.15, 0.2) is 47.4 Å². The summed E-state index contributed by atoms with van der Waals surface area (Å²) >= 11 is 6.17. The third kappa shape index (κ3) is 4.78. The zero-order valence-electron chi connectivity index (χ0n) is 19.2. The highest BCUT2D eigenvalue weighted by Crippen LogP contribution is 2.30. The number of nitriles is 1. The van der Waals surface area contributed by atoms with Gasteiger partial charge in [0.15, 0.2) is 0 Å². The zero-order valence-corrected chi connectivity index (χ0v) is 20.7. The number of carbonyl (C=O) groups is 3. The number of nitrogens with one attached hydrogen (secondary N) is 2. The molecule has 2 aromatic rings. The summed E-state index contributed by atoms with van der Waals surface area (Å²) in [5.74, 6) is -1.40. The Morgan fingerprint density at radius 2 is 1.86 bits per heavy atom. The van der Waals surface area contributed by atoms with Crippen molar-refractivity contribution in [3.8, 4) is 6.07 Å². The Kier molecular flexibility index (Phi) is 7.01. The maximum atomic E-state index is 13.1. The quantitative estimate of drug-likeness (QED) is 0.538. The van der Waals surface area contributed by atoms with Crippen LogP contribution in [0.4, 0.5) is 10.5 Å². The molecule has 2 aliphatic rings. The first-order valence-electron chi connectivity index (χ1n) is 10.9. The molecule has 2 N–H and O–H groups in total. The summed E-state index contributed by atoms with van der Waals surface area (Å²) in [5.41, 5.74) is -0.551. The fraction of sp³-hybridized carbons (Fsp3) is 0.304. The van der Waals surface area contributed by atoms with Crippen molar-refractivity contribution < 1.29 is 27.5 Å². The molecule has 13 heteroatoms. The van der Waals surface area contributed by atoms with Crippen LogP contribution in [0, 0.1) is 11.3 Å². The monoisotopic (exact) mass is 531 g/mol. The Morgan fingerprint density at radius 1 is 1.19 bits per heavy atom. The van der Waals surface area contributed by atoms with Crippen LogP contribution in [0.3, 0.4) is 0 Å². The second-order valence-corrected chi connectivity index (χ2v) is 10.7. The molecule has 0 radical (unpaired) electrons. The number of morpholine rings is 1. The van der Waals surface area contributed by atoms with Gasteiger partial charge in [0, 0.05) is 13.1 Å². The van der Waals surface area contributed by atoms with Crippen LogP contribution in [-0.2, 0) is 29.9 Å². The number of hydrogen-bond donors (Lipinski definition) is 2. The summed E-state index contributed by atoms with van der Waals surface area (Å²) in [7, 11) is -3.83. The van der Waals surface area contributed by atoms with E-state index >= 15 is 0 Å². The second kappa shape index (κ2) is 9.87. The molecule has 2 aromatic carbocycles. The number of amides is 4. The number of sulfonamides is 1. The van der Waals surface area contributed by atoms with Crippen LogP contribution in [0.25, 0.3) is 0 Å². The van der Waals surface area contributed by atoms with Gasteiger partial charge in [0.1, 0.15) is 12.1 Å². The molecule has 0 bridgehead atoms. The summed E-state index contributed by atoms with van der Waals surface area (Å²) in [6.45, 7) is 1.86. The molecular formula is C23H22ClN5O6S. The van der Waals surface area contributed by atoms with E-state index < -0.39 is 40.0 Å². The zero-order chi connectivity index (χ0) is 26.1. The van der Waals surface area contributed by atoms with E-state index in [2.05, 4.69) is 10.6 Å². The fourth-order valence-corrected chi connectivity index (χ4v) is 5.54. The van der Waals surface area contributed by atoms with Gasteiger partial charge < -0.3 is 15.4 Å². The van der Waals surface area contributed by atoms with Gasteiger partial charge in [0.2, 0.25) is 15.9 Å². The first-order valence-corrected chi connectivity index (χ1v) is 12.7. The summed E-state index contributed by atoms with van der Waals surface area (Å²) in [6, 6.07) is 11.3. The number of ether oxygens (including phenoxy) is 1. The molecule has 188 valence electrons. The van der Waals surface area contributed by atoms with Crippen molar-refractivity contribution in [2.45, 2.75) is 17.4 Å².